The Hall–Kier alpha value is -1.11. The Morgan fingerprint density at radius 1 is 1.26 bits per heavy atom. The van der Waals surface area contributed by atoms with Crippen LogP contribution in [0.15, 0.2) is 29.3 Å². The summed E-state index contributed by atoms with van der Waals surface area (Å²) in [6.07, 6.45) is 3.05. The lowest BCUT2D eigenvalue weighted by atomic mass is 10.1. The van der Waals surface area contributed by atoms with Crippen LogP contribution in [-0.4, -0.2) is 72.6 Å². The van der Waals surface area contributed by atoms with Crippen molar-refractivity contribution >= 4 is 45.6 Å². The van der Waals surface area contributed by atoms with Gasteiger partial charge in [0, 0.05) is 52.1 Å². The lowest BCUT2D eigenvalue weighted by Gasteiger charge is -2.24. The zero-order valence-electron chi connectivity index (χ0n) is 18.9. The van der Waals surface area contributed by atoms with Gasteiger partial charge in [-0.05, 0) is 50.8 Å². The smallest absolute Gasteiger partial charge is 0.213 e. The number of hydrogen-bond acceptors (Lipinski definition) is 5. The Morgan fingerprint density at radius 3 is 2.68 bits per heavy atom. The van der Waals surface area contributed by atoms with E-state index in [-0.39, 0.29) is 42.4 Å². The topological polar surface area (TPSA) is 95.1 Å². The fraction of sp³-hybridized carbons (Fsp3) is 0.667. The highest BCUT2D eigenvalue weighted by atomic mass is 127. The van der Waals surface area contributed by atoms with Gasteiger partial charge in [-0.25, -0.2) is 13.1 Å². The Morgan fingerprint density at radius 2 is 2.03 bits per heavy atom. The molecule has 0 radical (unpaired) electrons. The van der Waals surface area contributed by atoms with Crippen LogP contribution in [0.5, 0.6) is 0 Å². The van der Waals surface area contributed by atoms with Gasteiger partial charge in [-0.15, -0.1) is 24.0 Å². The van der Waals surface area contributed by atoms with E-state index < -0.39 is 10.0 Å². The Labute approximate surface area is 204 Å². The minimum absolute atomic E-state index is 0. The molecule has 1 aliphatic heterocycles. The SMILES string of the molecule is CCN(CCNC(=NC)NCCS(=O)(=O)NCC1CCCCO1)c1cccc(C)c1.I. The third-order valence-corrected chi connectivity index (χ3v) is 6.46. The molecule has 1 heterocycles. The predicted molar refractivity (Wildman–Crippen MR) is 139 cm³/mol. The summed E-state index contributed by atoms with van der Waals surface area (Å²) in [6.45, 7) is 8.00. The van der Waals surface area contributed by atoms with Crippen LogP contribution in [0.1, 0.15) is 31.7 Å². The minimum atomic E-state index is -3.35. The standard InChI is InChI=1S/C21H37N5O3S.HI/c1-4-26(19-9-7-8-18(2)16-19)13-11-23-21(22-3)24-12-15-30(27,28)25-17-20-10-5-6-14-29-20;/h7-9,16,20,25H,4-6,10-15,17H2,1-3H3,(H2,22,23,24);1H. The van der Waals surface area contributed by atoms with E-state index in [1.807, 2.05) is 0 Å². The highest BCUT2D eigenvalue weighted by molar-refractivity contribution is 14.0. The number of hydrogen-bond donors (Lipinski definition) is 3. The molecule has 1 unspecified atom stereocenters. The Bertz CT molecular complexity index is 770. The van der Waals surface area contributed by atoms with Crippen LogP contribution in [0.25, 0.3) is 0 Å². The number of likely N-dealkylation sites (N-methyl/N-ethyl adjacent to an activating group) is 1. The fourth-order valence-corrected chi connectivity index (χ4v) is 4.34. The molecule has 0 bridgehead atoms. The summed E-state index contributed by atoms with van der Waals surface area (Å²) in [5, 5.41) is 6.32. The zero-order chi connectivity index (χ0) is 21.8. The maximum absolute atomic E-state index is 12.2. The molecule has 1 aromatic rings. The van der Waals surface area contributed by atoms with Gasteiger partial charge >= 0.3 is 0 Å². The molecule has 0 aromatic heterocycles. The molecule has 1 fully saturated rings. The molecule has 178 valence electrons. The van der Waals surface area contributed by atoms with Gasteiger partial charge < -0.3 is 20.3 Å². The van der Waals surface area contributed by atoms with E-state index in [2.05, 4.69) is 63.4 Å². The summed E-state index contributed by atoms with van der Waals surface area (Å²) in [6, 6.07) is 8.44. The van der Waals surface area contributed by atoms with Crippen molar-refractivity contribution in [3.8, 4) is 0 Å². The quantitative estimate of drug-likeness (QED) is 0.216. The normalized spacial score (nSPS) is 17.0. The molecule has 1 aliphatic rings. The first-order chi connectivity index (χ1) is 14.4. The van der Waals surface area contributed by atoms with Gasteiger partial charge in [0.15, 0.2) is 5.96 Å². The summed E-state index contributed by atoms with van der Waals surface area (Å²) in [5.74, 6) is 0.589. The maximum Gasteiger partial charge on any atom is 0.213 e. The molecular formula is C21H38IN5O3S. The predicted octanol–water partition coefficient (Wildman–Crippen LogP) is 2.09. The van der Waals surface area contributed by atoms with Crippen LogP contribution in [0.3, 0.4) is 0 Å². The molecule has 8 nitrogen and oxygen atoms in total. The van der Waals surface area contributed by atoms with Gasteiger partial charge in [-0.3, -0.25) is 4.99 Å². The van der Waals surface area contributed by atoms with Gasteiger partial charge in [0.25, 0.3) is 0 Å². The van der Waals surface area contributed by atoms with Gasteiger partial charge in [0.2, 0.25) is 10.0 Å². The molecule has 1 atom stereocenters. The second kappa shape index (κ2) is 14.9. The highest BCUT2D eigenvalue weighted by Crippen LogP contribution is 2.15. The Kier molecular flexibility index (Phi) is 13.4. The van der Waals surface area contributed by atoms with Crippen molar-refractivity contribution in [2.24, 2.45) is 4.99 Å². The molecule has 31 heavy (non-hydrogen) atoms. The third-order valence-electron chi connectivity index (χ3n) is 5.11. The summed E-state index contributed by atoms with van der Waals surface area (Å²) < 4.78 is 32.6. The number of ether oxygens (including phenoxy) is 1. The summed E-state index contributed by atoms with van der Waals surface area (Å²) in [7, 11) is -1.67. The number of rotatable bonds is 11. The van der Waals surface area contributed by atoms with Gasteiger partial charge in [-0.2, -0.15) is 0 Å². The van der Waals surface area contributed by atoms with Gasteiger partial charge in [0.1, 0.15) is 0 Å². The highest BCUT2D eigenvalue weighted by Gasteiger charge is 2.17. The van der Waals surface area contributed by atoms with Gasteiger partial charge in [0.05, 0.1) is 11.9 Å². The number of guanidine groups is 1. The molecular weight excluding hydrogens is 529 g/mol. The first-order valence-electron chi connectivity index (χ1n) is 10.8. The molecule has 0 aliphatic carbocycles. The van der Waals surface area contributed by atoms with Crippen LogP contribution in [0, 0.1) is 6.92 Å². The average molecular weight is 568 g/mol. The second-order valence-corrected chi connectivity index (χ2v) is 9.43. The summed E-state index contributed by atoms with van der Waals surface area (Å²) in [4.78, 5) is 6.46. The van der Waals surface area contributed by atoms with Crippen molar-refractivity contribution in [1.29, 1.82) is 0 Å². The second-order valence-electron chi connectivity index (χ2n) is 7.50. The molecule has 1 saturated heterocycles. The number of benzene rings is 1. The number of halogens is 1. The lowest BCUT2D eigenvalue weighted by molar-refractivity contribution is 0.0200. The van der Waals surface area contributed by atoms with Crippen molar-refractivity contribution in [2.45, 2.75) is 39.2 Å². The van der Waals surface area contributed by atoms with Crippen LogP contribution < -0.4 is 20.3 Å². The first kappa shape index (κ1) is 27.9. The number of nitrogens with zero attached hydrogens (tertiary/aromatic N) is 2. The molecule has 0 amide bonds. The molecule has 3 N–H and O–H groups in total. The van der Waals surface area contributed by atoms with E-state index in [1.54, 1.807) is 7.05 Å². The molecule has 2 rings (SSSR count). The van der Waals surface area contributed by atoms with Crippen molar-refractivity contribution in [2.75, 3.05) is 57.0 Å². The van der Waals surface area contributed by atoms with E-state index in [4.69, 9.17) is 4.74 Å². The number of anilines is 1. The van der Waals surface area contributed by atoms with E-state index in [0.717, 1.165) is 39.0 Å². The minimum Gasteiger partial charge on any atom is -0.377 e. The zero-order valence-corrected chi connectivity index (χ0v) is 22.0. The fourth-order valence-electron chi connectivity index (χ4n) is 3.39. The van der Waals surface area contributed by atoms with Crippen LogP contribution in [0.2, 0.25) is 0 Å². The number of aliphatic imine (C=N–C) groups is 1. The number of aryl methyl sites for hydroxylation is 1. The van der Waals surface area contributed by atoms with Crippen LogP contribution in [-0.2, 0) is 14.8 Å². The largest absolute Gasteiger partial charge is 0.377 e. The number of nitrogens with one attached hydrogen (secondary N) is 3. The summed E-state index contributed by atoms with van der Waals surface area (Å²) >= 11 is 0. The molecule has 0 saturated carbocycles. The van der Waals surface area contributed by atoms with Crippen molar-refractivity contribution in [1.82, 2.24) is 15.4 Å². The molecule has 1 aromatic carbocycles. The monoisotopic (exact) mass is 567 g/mol. The molecule has 10 heteroatoms. The van der Waals surface area contributed by atoms with E-state index in [0.29, 0.717) is 19.0 Å². The van der Waals surface area contributed by atoms with Crippen molar-refractivity contribution in [3.63, 3.8) is 0 Å². The van der Waals surface area contributed by atoms with Gasteiger partial charge in [-0.1, -0.05) is 12.1 Å². The third kappa shape index (κ3) is 10.8. The van der Waals surface area contributed by atoms with E-state index >= 15 is 0 Å². The first-order valence-corrected chi connectivity index (χ1v) is 12.4. The van der Waals surface area contributed by atoms with Crippen LogP contribution >= 0.6 is 24.0 Å². The van der Waals surface area contributed by atoms with E-state index in [1.165, 1.54) is 11.3 Å². The van der Waals surface area contributed by atoms with Crippen LogP contribution in [0.4, 0.5) is 5.69 Å². The maximum atomic E-state index is 12.2. The van der Waals surface area contributed by atoms with E-state index in [9.17, 15) is 8.42 Å². The number of sulfonamides is 1. The molecule has 0 spiro atoms. The average Bonchev–Trinajstić information content (AvgIpc) is 2.75. The van der Waals surface area contributed by atoms with Crippen molar-refractivity contribution in [3.05, 3.63) is 29.8 Å². The Balaban J connectivity index is 0.00000480. The summed E-state index contributed by atoms with van der Waals surface area (Å²) in [5.41, 5.74) is 2.43. The van der Waals surface area contributed by atoms with Crippen molar-refractivity contribution < 1.29 is 13.2 Å². The lowest BCUT2D eigenvalue weighted by Crippen LogP contribution is -2.44.